The van der Waals surface area contributed by atoms with E-state index in [0.717, 1.165) is 17.1 Å². The van der Waals surface area contributed by atoms with Gasteiger partial charge in [0, 0.05) is 17.1 Å². The lowest BCUT2D eigenvalue weighted by Gasteiger charge is -2.26. The van der Waals surface area contributed by atoms with Gasteiger partial charge in [0.25, 0.3) is 0 Å². The smallest absolute Gasteiger partial charge is 0.0462 e. The first-order valence-electron chi connectivity index (χ1n) is 21.0. The zero-order valence-electron chi connectivity index (χ0n) is 33.6. The van der Waals surface area contributed by atoms with E-state index in [4.69, 9.17) is 0 Å². The van der Waals surface area contributed by atoms with Crippen LogP contribution in [0.25, 0.3) is 88.0 Å². The third kappa shape index (κ3) is 6.93. The summed E-state index contributed by atoms with van der Waals surface area (Å²) in [5.41, 5.74) is 15.3. The van der Waals surface area contributed by atoms with Gasteiger partial charge < -0.3 is 4.90 Å². The number of hydrogen-bond donors (Lipinski definition) is 0. The highest BCUT2D eigenvalue weighted by atomic mass is 15.1. The van der Waals surface area contributed by atoms with Gasteiger partial charge in [0.1, 0.15) is 0 Å². The molecule has 1 nitrogen and oxygen atoms in total. The van der Waals surface area contributed by atoms with E-state index in [0.29, 0.717) is 0 Å². The van der Waals surface area contributed by atoms with E-state index in [2.05, 4.69) is 254 Å². The lowest BCUT2D eigenvalue weighted by atomic mass is 9.91. The van der Waals surface area contributed by atoms with Crippen molar-refractivity contribution in [2.24, 2.45) is 0 Å². The van der Waals surface area contributed by atoms with Gasteiger partial charge in [0.2, 0.25) is 0 Å². The SMILES string of the molecule is c1ccc(-c2ccc(-c3ccc(N(c4ccc(-c5ccc6ccccc6c5)cc4)c4ccc(-c5cccc6c5ccc5ccccc56)cc4)cc3)cc2-c2ccccc2)cc1. The van der Waals surface area contributed by atoms with Crippen molar-refractivity contribution in [3.63, 3.8) is 0 Å². The molecule has 0 unspecified atom stereocenters. The second-order valence-electron chi connectivity index (χ2n) is 15.7. The normalized spacial score (nSPS) is 11.3. The van der Waals surface area contributed by atoms with Crippen molar-refractivity contribution in [3.05, 3.63) is 249 Å². The summed E-state index contributed by atoms with van der Waals surface area (Å²) in [6.45, 7) is 0. The predicted molar refractivity (Wildman–Crippen MR) is 261 cm³/mol. The first-order valence-corrected chi connectivity index (χ1v) is 21.0. The number of rotatable bonds is 8. The Labute approximate surface area is 357 Å². The molecule has 286 valence electrons. The van der Waals surface area contributed by atoms with Crippen LogP contribution >= 0.6 is 0 Å². The maximum Gasteiger partial charge on any atom is 0.0462 e. The van der Waals surface area contributed by atoms with E-state index in [1.807, 2.05) is 0 Å². The van der Waals surface area contributed by atoms with Crippen molar-refractivity contribution in [2.45, 2.75) is 0 Å². The van der Waals surface area contributed by atoms with Gasteiger partial charge in [0.15, 0.2) is 0 Å². The largest absolute Gasteiger partial charge is 0.311 e. The van der Waals surface area contributed by atoms with Crippen LogP contribution in [0.2, 0.25) is 0 Å². The molecular formula is C60H41N. The number of hydrogen-bond acceptors (Lipinski definition) is 1. The molecule has 0 heterocycles. The van der Waals surface area contributed by atoms with Crippen molar-refractivity contribution < 1.29 is 0 Å². The zero-order valence-corrected chi connectivity index (χ0v) is 33.6. The van der Waals surface area contributed by atoms with Crippen LogP contribution < -0.4 is 4.90 Å². The van der Waals surface area contributed by atoms with Gasteiger partial charge in [-0.1, -0.05) is 200 Å². The predicted octanol–water partition coefficient (Wildman–Crippen LogP) is 17.0. The summed E-state index contributed by atoms with van der Waals surface area (Å²) in [6, 6.07) is 90.4. The molecule has 61 heavy (non-hydrogen) atoms. The summed E-state index contributed by atoms with van der Waals surface area (Å²) in [5, 5.41) is 7.58. The number of anilines is 3. The van der Waals surface area contributed by atoms with Gasteiger partial charge in [-0.2, -0.15) is 0 Å². The maximum absolute atomic E-state index is 2.36. The Kier molecular flexibility index (Phi) is 9.26. The van der Waals surface area contributed by atoms with E-state index in [1.54, 1.807) is 0 Å². The molecule has 11 aromatic carbocycles. The van der Waals surface area contributed by atoms with Gasteiger partial charge in [-0.3, -0.25) is 0 Å². The quantitative estimate of drug-likeness (QED) is 0.139. The molecule has 0 saturated carbocycles. The molecule has 11 aromatic rings. The molecule has 0 spiro atoms. The van der Waals surface area contributed by atoms with Crippen LogP contribution in [-0.4, -0.2) is 0 Å². The summed E-state index contributed by atoms with van der Waals surface area (Å²) >= 11 is 0. The minimum Gasteiger partial charge on any atom is -0.311 e. The Bertz CT molecular complexity index is 3310. The number of benzene rings is 11. The molecule has 0 aliphatic heterocycles. The van der Waals surface area contributed by atoms with Crippen molar-refractivity contribution in [2.75, 3.05) is 4.90 Å². The third-order valence-corrected chi connectivity index (χ3v) is 12.1. The molecule has 0 aliphatic rings. The van der Waals surface area contributed by atoms with Crippen molar-refractivity contribution >= 4 is 49.4 Å². The van der Waals surface area contributed by atoms with E-state index in [9.17, 15) is 0 Å². The fraction of sp³-hybridized carbons (Fsp3) is 0. The molecule has 11 rings (SSSR count). The highest BCUT2D eigenvalue weighted by Gasteiger charge is 2.16. The summed E-state index contributed by atoms with van der Waals surface area (Å²) in [7, 11) is 0. The molecule has 0 bridgehead atoms. The van der Waals surface area contributed by atoms with Crippen molar-refractivity contribution in [1.82, 2.24) is 0 Å². The Hall–Kier alpha value is -8.00. The Morgan fingerprint density at radius 3 is 1.31 bits per heavy atom. The highest BCUT2D eigenvalue weighted by molar-refractivity contribution is 6.12. The van der Waals surface area contributed by atoms with Crippen LogP contribution in [0, 0.1) is 0 Å². The first-order chi connectivity index (χ1) is 30.2. The van der Waals surface area contributed by atoms with Gasteiger partial charge in [-0.25, -0.2) is 0 Å². The highest BCUT2D eigenvalue weighted by Crippen LogP contribution is 2.41. The molecular weight excluding hydrogens is 735 g/mol. The topological polar surface area (TPSA) is 3.24 Å². The van der Waals surface area contributed by atoms with Crippen LogP contribution in [0.15, 0.2) is 249 Å². The minimum absolute atomic E-state index is 1.09. The summed E-state index contributed by atoms with van der Waals surface area (Å²) < 4.78 is 0. The van der Waals surface area contributed by atoms with Gasteiger partial charge >= 0.3 is 0 Å². The van der Waals surface area contributed by atoms with Crippen LogP contribution in [0.3, 0.4) is 0 Å². The Morgan fingerprint density at radius 2 is 0.656 bits per heavy atom. The van der Waals surface area contributed by atoms with Crippen molar-refractivity contribution in [3.8, 4) is 55.6 Å². The van der Waals surface area contributed by atoms with Gasteiger partial charge in [-0.05, 0) is 136 Å². The monoisotopic (exact) mass is 775 g/mol. The molecule has 0 saturated heterocycles. The molecule has 0 N–H and O–H groups in total. The van der Waals surface area contributed by atoms with E-state index >= 15 is 0 Å². The second kappa shape index (κ2) is 15.6. The summed E-state index contributed by atoms with van der Waals surface area (Å²) in [5.74, 6) is 0. The summed E-state index contributed by atoms with van der Waals surface area (Å²) in [6.07, 6.45) is 0. The number of nitrogens with zero attached hydrogens (tertiary/aromatic N) is 1. The average Bonchev–Trinajstić information content (AvgIpc) is 3.35. The molecule has 0 amide bonds. The lowest BCUT2D eigenvalue weighted by molar-refractivity contribution is 1.28. The lowest BCUT2D eigenvalue weighted by Crippen LogP contribution is -2.09. The summed E-state index contributed by atoms with van der Waals surface area (Å²) in [4.78, 5) is 2.36. The van der Waals surface area contributed by atoms with Crippen LogP contribution in [0.4, 0.5) is 17.1 Å². The third-order valence-electron chi connectivity index (χ3n) is 12.1. The first kappa shape index (κ1) is 36.1. The molecule has 1 heteroatoms. The zero-order chi connectivity index (χ0) is 40.5. The van der Waals surface area contributed by atoms with Gasteiger partial charge in [-0.15, -0.1) is 0 Å². The van der Waals surface area contributed by atoms with E-state index < -0.39 is 0 Å². The Morgan fingerprint density at radius 1 is 0.197 bits per heavy atom. The van der Waals surface area contributed by atoms with Crippen molar-refractivity contribution in [1.29, 1.82) is 0 Å². The number of fused-ring (bicyclic) bond motifs is 4. The molecule has 0 aromatic heterocycles. The fourth-order valence-electron chi connectivity index (χ4n) is 8.95. The average molecular weight is 776 g/mol. The van der Waals surface area contributed by atoms with E-state index in [1.165, 1.54) is 88.0 Å². The molecule has 0 atom stereocenters. The second-order valence-corrected chi connectivity index (χ2v) is 15.7. The standard InChI is InChI=1S/C60H41N/c1-3-13-45(14-4-1)57-38-31-51(41-60(57)46-15-5-2-6-16-46)44-26-34-53(35-27-44)61(52-32-24-43(25-33-52)50-23-22-42-12-7-8-18-49(42)40-50)54-36-28-48(29-37-54)56-20-11-21-58-55-19-10-9-17-47(55)30-39-59(56)58/h1-41H. The molecule has 0 radical (unpaired) electrons. The van der Waals surface area contributed by atoms with Crippen LogP contribution in [0.5, 0.6) is 0 Å². The van der Waals surface area contributed by atoms with Crippen LogP contribution in [-0.2, 0) is 0 Å². The van der Waals surface area contributed by atoms with Crippen LogP contribution in [0.1, 0.15) is 0 Å². The molecule has 0 fully saturated rings. The fourth-order valence-corrected chi connectivity index (χ4v) is 8.95. The van der Waals surface area contributed by atoms with Gasteiger partial charge in [0.05, 0.1) is 0 Å². The van der Waals surface area contributed by atoms with E-state index in [-0.39, 0.29) is 0 Å². The maximum atomic E-state index is 2.36. The Balaban J connectivity index is 0.979. The minimum atomic E-state index is 1.09. The molecule has 0 aliphatic carbocycles.